The van der Waals surface area contributed by atoms with Crippen molar-refractivity contribution in [2.45, 2.75) is 12.8 Å². The predicted octanol–water partition coefficient (Wildman–Crippen LogP) is 3.72. The van der Waals surface area contributed by atoms with Crippen molar-refractivity contribution in [3.8, 4) is 0 Å². The highest BCUT2D eigenvalue weighted by atomic mass is 127. The highest BCUT2D eigenvalue weighted by Crippen LogP contribution is 2.17. The number of halogens is 2. The third-order valence-electron chi connectivity index (χ3n) is 3.73. The van der Waals surface area contributed by atoms with Crippen LogP contribution in [0.2, 0.25) is 5.02 Å². The molecule has 5 nitrogen and oxygen atoms in total. The van der Waals surface area contributed by atoms with Crippen molar-refractivity contribution in [1.29, 1.82) is 0 Å². The number of thiophene rings is 1. The van der Waals surface area contributed by atoms with Gasteiger partial charge < -0.3 is 16.0 Å². The molecular weight excluding hydrogens is 483 g/mol. The maximum atomic E-state index is 12.1. The second-order valence-corrected chi connectivity index (χ2v) is 6.76. The molecule has 0 saturated heterocycles. The summed E-state index contributed by atoms with van der Waals surface area (Å²) in [6.45, 7) is 4.02. The Kier molecular flexibility index (Phi) is 10.6. The zero-order chi connectivity index (χ0) is 18.1. The molecule has 0 radical (unpaired) electrons. The lowest BCUT2D eigenvalue weighted by Crippen LogP contribution is -2.42. The molecule has 0 bridgehead atoms. The van der Waals surface area contributed by atoms with Gasteiger partial charge in [-0.25, -0.2) is 0 Å². The second kappa shape index (κ2) is 12.1. The molecule has 26 heavy (non-hydrogen) atoms. The van der Waals surface area contributed by atoms with E-state index < -0.39 is 0 Å². The van der Waals surface area contributed by atoms with E-state index in [1.807, 2.05) is 0 Å². The first-order chi connectivity index (χ1) is 12.1. The SMILES string of the molecule is CN=C(NCCNC(=O)c1ccccc1Cl)NCC(C)c1ccsc1.I. The smallest absolute Gasteiger partial charge is 0.252 e. The van der Waals surface area contributed by atoms with Gasteiger partial charge in [0.1, 0.15) is 0 Å². The van der Waals surface area contributed by atoms with Gasteiger partial charge in [-0.05, 0) is 40.4 Å². The van der Waals surface area contributed by atoms with Gasteiger partial charge in [-0.15, -0.1) is 24.0 Å². The van der Waals surface area contributed by atoms with Crippen molar-refractivity contribution in [1.82, 2.24) is 16.0 Å². The molecule has 142 valence electrons. The molecule has 2 rings (SSSR count). The van der Waals surface area contributed by atoms with E-state index in [0.29, 0.717) is 35.6 Å². The number of hydrogen-bond acceptors (Lipinski definition) is 3. The molecule has 0 aliphatic carbocycles. The number of guanidine groups is 1. The van der Waals surface area contributed by atoms with Crippen LogP contribution in [-0.2, 0) is 0 Å². The Labute approximate surface area is 180 Å². The molecular formula is C18H24ClIN4OS. The lowest BCUT2D eigenvalue weighted by Gasteiger charge is -2.15. The van der Waals surface area contributed by atoms with Gasteiger partial charge in [-0.3, -0.25) is 9.79 Å². The van der Waals surface area contributed by atoms with Crippen LogP contribution >= 0.6 is 46.9 Å². The van der Waals surface area contributed by atoms with E-state index in [1.165, 1.54) is 5.56 Å². The van der Waals surface area contributed by atoms with Crippen LogP contribution in [-0.4, -0.2) is 38.5 Å². The minimum absolute atomic E-state index is 0. The standard InChI is InChI=1S/C18H23ClN4OS.HI/c1-13(14-7-10-25-12-14)11-23-18(20-2)22-9-8-21-17(24)15-5-3-4-6-16(15)19;/h3-7,10,12-13H,8-9,11H2,1-2H3,(H,21,24)(H2,20,22,23);1H. The lowest BCUT2D eigenvalue weighted by atomic mass is 10.1. The molecule has 3 N–H and O–H groups in total. The summed E-state index contributed by atoms with van der Waals surface area (Å²) in [4.78, 5) is 16.3. The van der Waals surface area contributed by atoms with E-state index in [4.69, 9.17) is 11.6 Å². The lowest BCUT2D eigenvalue weighted by molar-refractivity contribution is 0.0954. The number of aliphatic imine (C=N–C) groups is 1. The number of carbonyl (C=O) groups excluding carboxylic acids is 1. The molecule has 1 aromatic carbocycles. The van der Waals surface area contributed by atoms with Gasteiger partial charge in [-0.2, -0.15) is 11.3 Å². The third kappa shape index (κ3) is 7.13. The summed E-state index contributed by atoms with van der Waals surface area (Å²) in [5, 5.41) is 14.0. The van der Waals surface area contributed by atoms with E-state index in [2.05, 4.69) is 44.7 Å². The van der Waals surface area contributed by atoms with Gasteiger partial charge in [0.15, 0.2) is 5.96 Å². The molecule has 2 aromatic rings. The Balaban J connectivity index is 0.00000338. The average Bonchev–Trinajstić information content (AvgIpc) is 3.16. The monoisotopic (exact) mass is 506 g/mol. The molecule has 1 aromatic heterocycles. The van der Waals surface area contributed by atoms with Crippen LogP contribution in [0.15, 0.2) is 46.1 Å². The first-order valence-corrected chi connectivity index (χ1v) is 9.43. The minimum Gasteiger partial charge on any atom is -0.356 e. The molecule has 0 aliphatic rings. The van der Waals surface area contributed by atoms with Gasteiger partial charge in [0.25, 0.3) is 5.91 Å². The number of amides is 1. The van der Waals surface area contributed by atoms with Crippen molar-refractivity contribution < 1.29 is 4.79 Å². The maximum absolute atomic E-state index is 12.1. The summed E-state index contributed by atoms with van der Waals surface area (Å²) in [6, 6.07) is 9.14. The van der Waals surface area contributed by atoms with Crippen LogP contribution in [0.25, 0.3) is 0 Å². The topological polar surface area (TPSA) is 65.5 Å². The number of nitrogens with one attached hydrogen (secondary N) is 3. The zero-order valence-corrected chi connectivity index (χ0v) is 18.7. The Morgan fingerprint density at radius 1 is 1.19 bits per heavy atom. The number of nitrogens with zero attached hydrogens (tertiary/aromatic N) is 1. The van der Waals surface area contributed by atoms with Crippen molar-refractivity contribution in [3.63, 3.8) is 0 Å². The second-order valence-electron chi connectivity index (χ2n) is 5.57. The summed E-state index contributed by atoms with van der Waals surface area (Å²) in [7, 11) is 1.73. The van der Waals surface area contributed by atoms with E-state index in [9.17, 15) is 4.79 Å². The van der Waals surface area contributed by atoms with Crippen molar-refractivity contribution in [2.75, 3.05) is 26.7 Å². The third-order valence-corrected chi connectivity index (χ3v) is 4.76. The number of rotatable bonds is 7. The molecule has 0 spiro atoms. The molecule has 1 unspecified atom stereocenters. The van der Waals surface area contributed by atoms with Crippen LogP contribution in [0, 0.1) is 0 Å². The summed E-state index contributed by atoms with van der Waals surface area (Å²) in [5.41, 5.74) is 1.80. The molecule has 0 aliphatic heterocycles. The van der Waals surface area contributed by atoms with E-state index in [-0.39, 0.29) is 29.9 Å². The molecule has 0 fully saturated rings. The highest BCUT2D eigenvalue weighted by Gasteiger charge is 2.09. The largest absolute Gasteiger partial charge is 0.356 e. The number of benzene rings is 1. The van der Waals surface area contributed by atoms with Gasteiger partial charge in [0.2, 0.25) is 0 Å². The number of carbonyl (C=O) groups is 1. The van der Waals surface area contributed by atoms with Gasteiger partial charge in [-0.1, -0.05) is 30.7 Å². The molecule has 1 amide bonds. The van der Waals surface area contributed by atoms with Crippen LogP contribution in [0.1, 0.15) is 28.8 Å². The highest BCUT2D eigenvalue weighted by molar-refractivity contribution is 14.0. The van der Waals surface area contributed by atoms with Gasteiger partial charge >= 0.3 is 0 Å². The average molecular weight is 507 g/mol. The van der Waals surface area contributed by atoms with E-state index in [0.717, 1.165) is 6.54 Å². The van der Waals surface area contributed by atoms with E-state index >= 15 is 0 Å². The summed E-state index contributed by atoms with van der Waals surface area (Å²) in [5.74, 6) is 0.945. The summed E-state index contributed by atoms with van der Waals surface area (Å²) in [6.07, 6.45) is 0. The Bertz CT molecular complexity index is 709. The fourth-order valence-corrected chi connectivity index (χ4v) is 3.24. The summed E-state index contributed by atoms with van der Waals surface area (Å²) < 4.78 is 0. The number of hydrogen-bond donors (Lipinski definition) is 3. The van der Waals surface area contributed by atoms with Gasteiger partial charge in [0.05, 0.1) is 10.6 Å². The molecule has 0 saturated carbocycles. The van der Waals surface area contributed by atoms with Crippen LogP contribution in [0.5, 0.6) is 0 Å². The molecule has 1 heterocycles. The maximum Gasteiger partial charge on any atom is 0.252 e. The summed E-state index contributed by atoms with van der Waals surface area (Å²) >= 11 is 7.72. The van der Waals surface area contributed by atoms with Crippen molar-refractivity contribution in [2.24, 2.45) is 4.99 Å². The Morgan fingerprint density at radius 2 is 1.92 bits per heavy atom. The van der Waals surface area contributed by atoms with Crippen LogP contribution in [0.4, 0.5) is 0 Å². The van der Waals surface area contributed by atoms with Crippen molar-refractivity contribution in [3.05, 3.63) is 57.2 Å². The van der Waals surface area contributed by atoms with Crippen LogP contribution in [0.3, 0.4) is 0 Å². The molecule has 1 atom stereocenters. The fraction of sp³-hybridized carbons (Fsp3) is 0.333. The zero-order valence-electron chi connectivity index (χ0n) is 14.8. The minimum atomic E-state index is -0.179. The van der Waals surface area contributed by atoms with Crippen molar-refractivity contribution >= 4 is 58.8 Å². The first-order valence-electron chi connectivity index (χ1n) is 8.11. The Hall–Kier alpha value is -1.32. The predicted molar refractivity (Wildman–Crippen MR) is 121 cm³/mol. The Morgan fingerprint density at radius 3 is 2.58 bits per heavy atom. The first kappa shape index (κ1) is 22.7. The van der Waals surface area contributed by atoms with Gasteiger partial charge in [0, 0.05) is 26.7 Å². The van der Waals surface area contributed by atoms with E-state index in [1.54, 1.807) is 42.6 Å². The quantitative estimate of drug-likeness (QED) is 0.232. The van der Waals surface area contributed by atoms with Crippen LogP contribution < -0.4 is 16.0 Å². The normalized spacial score (nSPS) is 12.0. The molecule has 8 heteroatoms. The fourth-order valence-electron chi connectivity index (χ4n) is 2.24.